The van der Waals surface area contributed by atoms with Gasteiger partial charge in [-0.25, -0.2) is 24.7 Å². The maximum Gasteiger partial charge on any atom is 0.407 e. The lowest BCUT2D eigenvalue weighted by Crippen LogP contribution is -2.43. The van der Waals surface area contributed by atoms with Crippen molar-refractivity contribution >= 4 is 115 Å². The van der Waals surface area contributed by atoms with Crippen molar-refractivity contribution in [3.05, 3.63) is 93.8 Å². The molecule has 2 aliphatic rings. The topological polar surface area (TPSA) is 146 Å². The van der Waals surface area contributed by atoms with Crippen molar-refractivity contribution in [2.75, 3.05) is 49.9 Å². The fraction of sp³-hybridized carbons (Fsp3) is 0.431. The molecule has 0 spiro atoms. The molecule has 2 aliphatic heterocycles. The number of thiophene rings is 2. The van der Waals surface area contributed by atoms with Gasteiger partial charge in [-0.15, -0.1) is 45.3 Å². The van der Waals surface area contributed by atoms with Gasteiger partial charge in [0.2, 0.25) is 0 Å². The van der Waals surface area contributed by atoms with Gasteiger partial charge in [-0.1, -0.05) is 0 Å². The van der Waals surface area contributed by atoms with Crippen LogP contribution in [0.3, 0.4) is 0 Å². The van der Waals surface area contributed by atoms with Gasteiger partial charge in [0.15, 0.2) is 0 Å². The van der Waals surface area contributed by atoms with E-state index in [0.717, 1.165) is 82.5 Å². The number of nitrogens with two attached hydrogens (primary N) is 1. The molecule has 0 saturated carbocycles. The Labute approximate surface area is 409 Å². The van der Waals surface area contributed by atoms with Crippen LogP contribution in [-0.4, -0.2) is 92.8 Å². The van der Waals surface area contributed by atoms with Crippen LogP contribution in [0.25, 0.3) is 40.9 Å². The number of rotatable bonds is 13. The molecule has 8 heterocycles. The van der Waals surface area contributed by atoms with Gasteiger partial charge in [0.25, 0.3) is 0 Å². The summed E-state index contributed by atoms with van der Waals surface area (Å²) in [7, 11) is 0. The van der Waals surface area contributed by atoms with E-state index >= 15 is 0 Å². The minimum absolute atomic E-state index is 0.342. The minimum atomic E-state index is -0.470. The van der Waals surface area contributed by atoms with E-state index in [9.17, 15) is 4.79 Å². The summed E-state index contributed by atoms with van der Waals surface area (Å²) in [5.74, 6) is 1.04. The number of pyridine rings is 2. The highest BCUT2D eigenvalue weighted by Gasteiger charge is 2.32. The summed E-state index contributed by atoms with van der Waals surface area (Å²) in [5.41, 5.74) is 15.4. The predicted molar refractivity (Wildman–Crippen MR) is 284 cm³/mol. The fourth-order valence-electron chi connectivity index (χ4n) is 9.58. The van der Waals surface area contributed by atoms with E-state index in [1.54, 1.807) is 22.7 Å². The third kappa shape index (κ3) is 11.4. The number of nitrogens with one attached hydrogen (secondary N) is 3. The normalized spacial score (nSPS) is 19.4. The zero-order chi connectivity index (χ0) is 46.5. The van der Waals surface area contributed by atoms with Gasteiger partial charge in [-0.05, 0) is 160 Å². The summed E-state index contributed by atoms with van der Waals surface area (Å²) >= 11 is 6.99. The second kappa shape index (κ2) is 21.2. The number of thiazole rings is 2. The molecule has 4 unspecified atom stereocenters. The van der Waals surface area contributed by atoms with Crippen molar-refractivity contribution in [3.63, 3.8) is 0 Å². The van der Waals surface area contributed by atoms with Gasteiger partial charge < -0.3 is 26.4 Å². The van der Waals surface area contributed by atoms with Crippen LogP contribution >= 0.6 is 45.3 Å². The Morgan fingerprint density at radius 2 is 1.22 bits per heavy atom. The monoisotopic (exact) mass is 974 g/mol. The number of benzene rings is 2. The molecule has 1 amide bonds. The third-order valence-corrected chi connectivity index (χ3v) is 17.0. The Balaban J connectivity index is 0.000000171. The summed E-state index contributed by atoms with van der Waals surface area (Å²) in [5, 5.41) is 12.5. The van der Waals surface area contributed by atoms with Crippen molar-refractivity contribution in [1.29, 1.82) is 0 Å². The number of carbonyl (C=O) groups excluding carboxylic acids is 1. The highest BCUT2D eigenvalue weighted by atomic mass is 32.1. The summed E-state index contributed by atoms with van der Waals surface area (Å²) in [6.07, 6.45) is 10.3. The smallest absolute Gasteiger partial charge is 0.407 e. The van der Waals surface area contributed by atoms with E-state index in [0.29, 0.717) is 30.5 Å². The highest BCUT2D eigenvalue weighted by Crippen LogP contribution is 2.42. The molecule has 0 bridgehead atoms. The predicted octanol–water partition coefficient (Wildman–Crippen LogP) is 12.7. The van der Waals surface area contributed by atoms with Crippen LogP contribution in [0.5, 0.6) is 0 Å². The van der Waals surface area contributed by atoms with Crippen LogP contribution in [0.2, 0.25) is 0 Å². The van der Waals surface area contributed by atoms with Gasteiger partial charge in [0, 0.05) is 81.3 Å². The van der Waals surface area contributed by atoms with Gasteiger partial charge in [-0.2, -0.15) is 0 Å². The molecular formula is C51H62N10O2S4. The number of nitrogens with zero attached hydrogens (tertiary/aromatic N) is 6. The first-order chi connectivity index (χ1) is 32.5. The van der Waals surface area contributed by atoms with E-state index in [1.165, 1.54) is 62.2 Å². The van der Waals surface area contributed by atoms with Gasteiger partial charge in [0.1, 0.15) is 15.3 Å². The van der Waals surface area contributed by atoms with Crippen molar-refractivity contribution in [2.24, 2.45) is 5.73 Å². The largest absolute Gasteiger partial charge is 0.444 e. The number of fused-ring (bicyclic) bond motifs is 4. The molecule has 0 radical (unpaired) electrons. The van der Waals surface area contributed by atoms with Gasteiger partial charge in [0.05, 0.1) is 42.8 Å². The highest BCUT2D eigenvalue weighted by molar-refractivity contribution is 7.19. The lowest BCUT2D eigenvalue weighted by molar-refractivity contribution is 0.0523. The maximum atomic E-state index is 11.9. The zero-order valence-electron chi connectivity index (χ0n) is 39.1. The first-order valence-corrected chi connectivity index (χ1v) is 27.0. The number of piperidine rings is 2. The van der Waals surface area contributed by atoms with E-state index in [1.807, 2.05) is 66.9 Å². The molecule has 8 aromatic rings. The Bertz CT molecular complexity index is 2920. The van der Waals surface area contributed by atoms with Crippen LogP contribution in [0.15, 0.2) is 84.1 Å². The minimum Gasteiger partial charge on any atom is -0.444 e. The molecular weight excluding hydrogens is 913 g/mol. The van der Waals surface area contributed by atoms with Crippen LogP contribution in [-0.2, 0) is 4.74 Å². The molecule has 10 rings (SSSR count). The summed E-state index contributed by atoms with van der Waals surface area (Å²) < 4.78 is 7.75. The average Bonchev–Trinajstić information content (AvgIpc) is 4.14. The number of ether oxygens (including phenoxy) is 1. The Hall–Kier alpha value is -4.81. The number of hydrogen-bond acceptors (Lipinski definition) is 15. The summed E-state index contributed by atoms with van der Waals surface area (Å²) in [4.78, 5) is 40.4. The van der Waals surface area contributed by atoms with E-state index in [-0.39, 0.29) is 6.09 Å². The number of likely N-dealkylation sites (tertiary alicyclic amines) is 2. The van der Waals surface area contributed by atoms with Crippen LogP contribution in [0, 0.1) is 0 Å². The standard InChI is InChI=1S/C28H35N5O2S2.C23H27N5S2/c1-18-20(7-5-13-33(18)14-6-11-30-27(34)35-28(2,3)4)25-16-21-22(10-12-29-26(21)37-25)32-19-8-9-24-23(15-19)31-17-36-24;1-15-17(4-2-10-28(15)11-3-8-24)22-13-18-19(7-9-25-23(18)30-22)27-16-5-6-21-20(12-16)26-14-29-21/h8-10,12,15-18,20H,5-7,11,13-14H2,1-4H3,(H,29,32)(H,30,34);5-7,9,12-15,17H,2-4,8,10-11,24H2,1H3,(H,25,27). The zero-order valence-corrected chi connectivity index (χ0v) is 42.4. The Morgan fingerprint density at radius 1 is 0.716 bits per heavy atom. The van der Waals surface area contributed by atoms with Crippen molar-refractivity contribution in [2.45, 2.75) is 103 Å². The average molecular weight is 975 g/mol. The second-order valence-corrected chi connectivity index (χ2v) is 22.6. The number of carbonyl (C=O) groups is 1. The molecule has 5 N–H and O–H groups in total. The second-order valence-electron chi connectivity index (χ2n) is 18.7. The molecule has 2 saturated heterocycles. The van der Waals surface area contributed by atoms with Crippen molar-refractivity contribution in [3.8, 4) is 0 Å². The third-order valence-electron chi connectivity index (χ3n) is 13.0. The number of anilines is 4. The van der Waals surface area contributed by atoms with Gasteiger partial charge >= 0.3 is 6.09 Å². The molecule has 2 fully saturated rings. The van der Waals surface area contributed by atoms with E-state index < -0.39 is 5.60 Å². The molecule has 2 aromatic carbocycles. The molecule has 6 aromatic heterocycles. The molecule has 352 valence electrons. The van der Waals surface area contributed by atoms with Crippen LogP contribution in [0.1, 0.15) is 94.7 Å². The lowest BCUT2D eigenvalue weighted by atomic mass is 9.88. The maximum absolute atomic E-state index is 11.9. The van der Waals surface area contributed by atoms with E-state index in [4.69, 9.17) is 10.5 Å². The molecule has 12 nitrogen and oxygen atoms in total. The number of hydrogen-bond donors (Lipinski definition) is 4. The van der Waals surface area contributed by atoms with Crippen LogP contribution in [0.4, 0.5) is 27.5 Å². The SMILES string of the molecule is CC1C(c2cc3c(Nc4ccc5scnc5c4)ccnc3s2)CCCN1CCCN.CC1C(c2cc3c(Nc4ccc5scnc5c4)ccnc3s2)CCCN1CCCNC(=O)OC(C)(C)C. The molecule has 67 heavy (non-hydrogen) atoms. The van der Waals surface area contributed by atoms with E-state index in [2.05, 4.69) is 120 Å². The van der Waals surface area contributed by atoms with Crippen molar-refractivity contribution < 1.29 is 9.53 Å². The molecule has 4 atom stereocenters. The lowest BCUT2D eigenvalue weighted by Gasteiger charge is -2.39. The molecule has 0 aliphatic carbocycles. The fourth-order valence-corrected chi connectivity index (χ4v) is 13.4. The number of alkyl carbamates (subject to hydrolysis) is 1. The molecule has 16 heteroatoms. The first kappa shape index (κ1) is 47.3. The van der Waals surface area contributed by atoms with Crippen LogP contribution < -0.4 is 21.7 Å². The summed E-state index contributed by atoms with van der Waals surface area (Å²) in [6.45, 7) is 16.1. The Morgan fingerprint density at radius 3 is 1.72 bits per heavy atom. The number of amides is 1. The Kier molecular flexibility index (Phi) is 15.0. The quantitative estimate of drug-likeness (QED) is 0.0819. The first-order valence-electron chi connectivity index (χ1n) is 23.6. The number of aromatic nitrogens is 4. The van der Waals surface area contributed by atoms with Gasteiger partial charge in [-0.3, -0.25) is 9.80 Å². The summed E-state index contributed by atoms with van der Waals surface area (Å²) in [6, 6.07) is 22.5. The van der Waals surface area contributed by atoms with Crippen molar-refractivity contribution in [1.82, 2.24) is 35.1 Å².